The lowest BCUT2D eigenvalue weighted by atomic mass is 10.1. The van der Waals surface area contributed by atoms with Gasteiger partial charge < -0.3 is 21.3 Å². The van der Waals surface area contributed by atoms with Crippen molar-refractivity contribution in [2.45, 2.75) is 31.7 Å². The number of rotatable bonds is 10. The Bertz CT molecular complexity index is 869. The fourth-order valence-corrected chi connectivity index (χ4v) is 2.65. The van der Waals surface area contributed by atoms with E-state index in [1.54, 1.807) is 29.8 Å². The Morgan fingerprint density at radius 2 is 2.00 bits per heavy atom. The molecule has 1 aromatic carbocycles. The molecule has 1 atom stereocenters. The number of benzene rings is 1. The lowest BCUT2D eigenvalue weighted by Crippen LogP contribution is -2.31. The minimum absolute atomic E-state index is 0.00709. The van der Waals surface area contributed by atoms with E-state index in [4.69, 9.17) is 15.9 Å². The molecule has 2 aromatic rings. The molecule has 0 saturated carbocycles. The summed E-state index contributed by atoms with van der Waals surface area (Å²) in [6.45, 7) is 0. The minimum atomic E-state index is -1.17. The number of carboxylic acids is 2. The zero-order valence-electron chi connectivity index (χ0n) is 14.7. The molecule has 1 unspecified atom stereocenters. The number of amides is 1. The number of carbonyl (C=O) groups is 3. The lowest BCUT2D eigenvalue weighted by Gasteiger charge is -2.10. The van der Waals surface area contributed by atoms with E-state index in [1.165, 1.54) is 11.3 Å². The average molecular weight is 405 g/mol. The Labute approximate surface area is 164 Å². The van der Waals surface area contributed by atoms with Crippen LogP contribution in [-0.2, 0) is 20.8 Å². The van der Waals surface area contributed by atoms with E-state index in [0.29, 0.717) is 22.1 Å². The molecule has 28 heavy (non-hydrogen) atoms. The standard InChI is InChI=1S/C17H19N5O5S/c18-12(16(26)27)3-5-14(23)20-11-2-4-13(10(9-11)1-6-15(24)25)21-22-17-19-7-8-28-17/h2,4,7-9,12H,1,3,5-6,18H2,(H,20,23)(H,24,25)(H,26,27)/b22-21+. The third-order valence-corrected chi connectivity index (χ3v) is 4.29. The first-order chi connectivity index (χ1) is 13.3. The maximum absolute atomic E-state index is 12.0. The Hall–Kier alpha value is -3.18. The second-order valence-corrected chi connectivity index (χ2v) is 6.66. The number of carbonyl (C=O) groups excluding carboxylic acids is 1. The maximum Gasteiger partial charge on any atom is 0.320 e. The van der Waals surface area contributed by atoms with Gasteiger partial charge in [-0.05, 0) is 36.6 Å². The van der Waals surface area contributed by atoms with Crippen molar-refractivity contribution >= 4 is 45.7 Å². The van der Waals surface area contributed by atoms with Crippen molar-refractivity contribution in [3.8, 4) is 0 Å². The zero-order chi connectivity index (χ0) is 20.5. The molecule has 1 amide bonds. The summed E-state index contributed by atoms with van der Waals surface area (Å²) >= 11 is 1.31. The number of carboxylic acid groups (broad SMARTS) is 2. The summed E-state index contributed by atoms with van der Waals surface area (Å²) < 4.78 is 0. The highest BCUT2D eigenvalue weighted by molar-refractivity contribution is 7.13. The van der Waals surface area contributed by atoms with Gasteiger partial charge in [0.1, 0.15) is 6.04 Å². The van der Waals surface area contributed by atoms with Gasteiger partial charge in [0, 0.05) is 30.1 Å². The van der Waals surface area contributed by atoms with Crippen LogP contribution in [0, 0.1) is 0 Å². The van der Waals surface area contributed by atoms with Gasteiger partial charge in [-0.15, -0.1) is 21.6 Å². The quantitative estimate of drug-likeness (QED) is 0.441. The molecule has 1 aromatic heterocycles. The smallest absolute Gasteiger partial charge is 0.320 e. The number of anilines is 1. The Kier molecular flexibility index (Phi) is 7.72. The Balaban J connectivity index is 2.10. The van der Waals surface area contributed by atoms with Crippen LogP contribution >= 0.6 is 11.3 Å². The second kappa shape index (κ2) is 10.2. The van der Waals surface area contributed by atoms with Crippen LogP contribution < -0.4 is 11.1 Å². The van der Waals surface area contributed by atoms with E-state index in [2.05, 4.69) is 20.5 Å². The minimum Gasteiger partial charge on any atom is -0.481 e. The molecule has 10 nitrogen and oxygen atoms in total. The molecule has 0 aliphatic carbocycles. The van der Waals surface area contributed by atoms with E-state index in [9.17, 15) is 14.4 Å². The van der Waals surface area contributed by atoms with Crippen LogP contribution in [0.3, 0.4) is 0 Å². The average Bonchev–Trinajstić information content (AvgIpc) is 3.17. The molecule has 0 fully saturated rings. The third-order valence-electron chi connectivity index (χ3n) is 3.63. The summed E-state index contributed by atoms with van der Waals surface area (Å²) in [6, 6.07) is 3.74. The van der Waals surface area contributed by atoms with Gasteiger partial charge in [-0.3, -0.25) is 14.4 Å². The fourth-order valence-electron chi connectivity index (χ4n) is 2.20. The summed E-state index contributed by atoms with van der Waals surface area (Å²) in [4.78, 5) is 37.6. The summed E-state index contributed by atoms with van der Waals surface area (Å²) in [5.41, 5.74) is 6.90. The van der Waals surface area contributed by atoms with Gasteiger partial charge in [-0.25, -0.2) is 4.98 Å². The Morgan fingerprint density at radius 3 is 2.64 bits per heavy atom. The summed E-state index contributed by atoms with van der Waals surface area (Å²) in [5, 5.41) is 30.7. The highest BCUT2D eigenvalue weighted by Gasteiger charge is 2.14. The van der Waals surface area contributed by atoms with E-state index in [0.717, 1.165) is 0 Å². The molecule has 0 aliphatic rings. The zero-order valence-corrected chi connectivity index (χ0v) is 15.6. The second-order valence-electron chi connectivity index (χ2n) is 5.78. The highest BCUT2D eigenvalue weighted by Crippen LogP contribution is 2.27. The van der Waals surface area contributed by atoms with Crippen LogP contribution in [0.25, 0.3) is 0 Å². The molecule has 0 radical (unpaired) electrons. The molecule has 0 aliphatic heterocycles. The van der Waals surface area contributed by atoms with Gasteiger partial charge in [0.2, 0.25) is 11.0 Å². The maximum atomic E-state index is 12.0. The number of aryl methyl sites for hydroxylation is 1. The van der Waals surface area contributed by atoms with Gasteiger partial charge >= 0.3 is 11.9 Å². The van der Waals surface area contributed by atoms with Gasteiger partial charge in [-0.1, -0.05) is 0 Å². The lowest BCUT2D eigenvalue weighted by molar-refractivity contribution is -0.139. The van der Waals surface area contributed by atoms with Crippen LogP contribution in [0.1, 0.15) is 24.8 Å². The first kappa shape index (κ1) is 21.1. The van der Waals surface area contributed by atoms with Crippen LogP contribution in [0.5, 0.6) is 0 Å². The number of thiazole rings is 1. The van der Waals surface area contributed by atoms with Crippen LogP contribution in [0.4, 0.5) is 16.5 Å². The number of hydrogen-bond donors (Lipinski definition) is 4. The summed E-state index contributed by atoms with van der Waals surface area (Å²) in [6.07, 6.45) is 1.65. The number of azo groups is 1. The number of nitrogens with zero attached hydrogens (tertiary/aromatic N) is 3. The number of hydrogen-bond acceptors (Lipinski definition) is 8. The molecule has 0 bridgehead atoms. The summed E-state index contributed by atoms with van der Waals surface area (Å²) in [5.74, 6) is -2.52. The van der Waals surface area contributed by atoms with Crippen LogP contribution in [0.15, 0.2) is 40.0 Å². The van der Waals surface area contributed by atoms with Crippen molar-refractivity contribution in [2.75, 3.05) is 5.32 Å². The number of aliphatic carboxylic acids is 2. The van der Waals surface area contributed by atoms with Crippen molar-refractivity contribution in [3.05, 3.63) is 35.3 Å². The molecule has 148 valence electrons. The topological polar surface area (TPSA) is 167 Å². The molecule has 1 heterocycles. The SMILES string of the molecule is NC(CCC(=O)Nc1ccc(/N=N/c2nccs2)c(CCC(=O)O)c1)C(=O)O. The molecule has 5 N–H and O–H groups in total. The predicted octanol–water partition coefficient (Wildman–Crippen LogP) is 2.71. The fraction of sp³-hybridized carbons (Fsp3) is 0.294. The van der Waals surface area contributed by atoms with Crippen molar-refractivity contribution in [1.29, 1.82) is 0 Å². The summed E-state index contributed by atoms with van der Waals surface area (Å²) in [7, 11) is 0. The Morgan fingerprint density at radius 1 is 1.21 bits per heavy atom. The van der Waals surface area contributed by atoms with Crippen molar-refractivity contribution < 1.29 is 24.6 Å². The largest absolute Gasteiger partial charge is 0.481 e. The molecule has 0 spiro atoms. The first-order valence-corrected chi connectivity index (χ1v) is 9.17. The molecule has 2 rings (SSSR count). The van der Waals surface area contributed by atoms with E-state index in [-0.39, 0.29) is 25.7 Å². The van der Waals surface area contributed by atoms with Crippen molar-refractivity contribution in [2.24, 2.45) is 16.0 Å². The third kappa shape index (κ3) is 6.85. The monoisotopic (exact) mass is 405 g/mol. The van der Waals surface area contributed by atoms with Gasteiger partial charge in [0.25, 0.3) is 0 Å². The van der Waals surface area contributed by atoms with Crippen LogP contribution in [-0.4, -0.2) is 39.1 Å². The predicted molar refractivity (Wildman–Crippen MR) is 102 cm³/mol. The van der Waals surface area contributed by atoms with E-state index >= 15 is 0 Å². The molecule has 11 heteroatoms. The van der Waals surface area contributed by atoms with Crippen molar-refractivity contribution in [1.82, 2.24) is 4.98 Å². The number of nitrogens with one attached hydrogen (secondary N) is 1. The molecular weight excluding hydrogens is 386 g/mol. The number of aromatic nitrogens is 1. The van der Waals surface area contributed by atoms with Gasteiger partial charge in [0.05, 0.1) is 5.69 Å². The molecule has 0 saturated heterocycles. The van der Waals surface area contributed by atoms with Crippen molar-refractivity contribution in [3.63, 3.8) is 0 Å². The van der Waals surface area contributed by atoms with Gasteiger partial charge in [-0.2, -0.15) is 0 Å². The van der Waals surface area contributed by atoms with E-state index in [1.807, 2.05) is 0 Å². The van der Waals surface area contributed by atoms with Crippen LogP contribution in [0.2, 0.25) is 0 Å². The number of nitrogens with two attached hydrogens (primary N) is 1. The highest BCUT2D eigenvalue weighted by atomic mass is 32.1. The van der Waals surface area contributed by atoms with E-state index < -0.39 is 23.9 Å². The molecular formula is C17H19N5O5S. The first-order valence-electron chi connectivity index (χ1n) is 8.29. The van der Waals surface area contributed by atoms with Gasteiger partial charge in [0.15, 0.2) is 0 Å². The normalized spacial score (nSPS) is 12.0.